The third kappa shape index (κ3) is 3.37. The molecule has 1 heterocycles. The van der Waals surface area contributed by atoms with Gasteiger partial charge >= 0.3 is 0 Å². The maximum Gasteiger partial charge on any atom is 0.273 e. The molecule has 7 heteroatoms. The summed E-state index contributed by atoms with van der Waals surface area (Å²) >= 11 is 11.7. The Morgan fingerprint density at radius 2 is 2.10 bits per heavy atom. The molecule has 5 nitrogen and oxygen atoms in total. The van der Waals surface area contributed by atoms with Gasteiger partial charge in [-0.25, -0.2) is 4.98 Å². The van der Waals surface area contributed by atoms with Gasteiger partial charge in [0.05, 0.1) is 16.0 Å². The lowest BCUT2D eigenvalue weighted by Gasteiger charge is -2.10. The molecule has 2 aromatic rings. The first-order valence-corrected chi connectivity index (χ1v) is 6.40. The van der Waals surface area contributed by atoms with Crippen molar-refractivity contribution in [3.8, 4) is 5.75 Å². The quantitative estimate of drug-likeness (QED) is 0.482. The highest BCUT2D eigenvalue weighted by Crippen LogP contribution is 2.26. The molecule has 0 saturated carbocycles. The fourth-order valence-electron chi connectivity index (χ4n) is 1.56. The minimum Gasteiger partial charge on any atom is -0.488 e. The molecule has 0 aliphatic heterocycles. The van der Waals surface area contributed by atoms with Gasteiger partial charge in [-0.05, 0) is 24.6 Å². The molecule has 104 valence electrons. The van der Waals surface area contributed by atoms with Crippen molar-refractivity contribution >= 4 is 28.9 Å². The van der Waals surface area contributed by atoms with Gasteiger partial charge in [0, 0.05) is 17.8 Å². The average Bonchev–Trinajstić information content (AvgIpc) is 2.39. The van der Waals surface area contributed by atoms with Crippen LogP contribution in [0.1, 0.15) is 11.1 Å². The number of nitro benzene ring substituents is 1. The molecule has 0 radical (unpaired) electrons. The van der Waals surface area contributed by atoms with Gasteiger partial charge < -0.3 is 4.74 Å². The Hall–Kier alpha value is -1.85. The molecule has 20 heavy (non-hydrogen) atoms. The molecule has 0 amide bonds. The topological polar surface area (TPSA) is 65.3 Å². The van der Waals surface area contributed by atoms with Crippen LogP contribution in [0.3, 0.4) is 0 Å². The number of aryl methyl sites for hydroxylation is 1. The minimum atomic E-state index is -0.469. The van der Waals surface area contributed by atoms with Crippen molar-refractivity contribution in [2.45, 2.75) is 13.5 Å². The van der Waals surface area contributed by atoms with Gasteiger partial charge in [-0.3, -0.25) is 10.1 Å². The second-order valence-corrected chi connectivity index (χ2v) is 4.89. The third-order valence-corrected chi connectivity index (χ3v) is 3.22. The summed E-state index contributed by atoms with van der Waals surface area (Å²) in [5.74, 6) is 0.435. The largest absolute Gasteiger partial charge is 0.488 e. The molecule has 0 N–H and O–H groups in total. The fraction of sp³-hybridized carbons (Fsp3) is 0.154. The number of aromatic nitrogens is 1. The van der Waals surface area contributed by atoms with E-state index in [1.54, 1.807) is 13.0 Å². The minimum absolute atomic E-state index is 0.0223. The van der Waals surface area contributed by atoms with Crippen LogP contribution in [0, 0.1) is 17.0 Å². The highest BCUT2D eigenvalue weighted by molar-refractivity contribution is 6.34. The predicted molar refractivity (Wildman–Crippen MR) is 76.4 cm³/mol. The van der Waals surface area contributed by atoms with Gasteiger partial charge in [-0.2, -0.15) is 0 Å². The monoisotopic (exact) mass is 312 g/mol. The lowest BCUT2D eigenvalue weighted by atomic mass is 10.2. The smallest absolute Gasteiger partial charge is 0.273 e. The van der Waals surface area contributed by atoms with Gasteiger partial charge in [0.25, 0.3) is 5.69 Å². The van der Waals surface area contributed by atoms with E-state index in [4.69, 9.17) is 27.9 Å². The van der Waals surface area contributed by atoms with E-state index in [1.165, 1.54) is 24.4 Å². The van der Waals surface area contributed by atoms with Crippen molar-refractivity contribution in [1.29, 1.82) is 0 Å². The normalized spacial score (nSPS) is 10.3. The van der Waals surface area contributed by atoms with E-state index in [1.807, 2.05) is 0 Å². The van der Waals surface area contributed by atoms with E-state index in [-0.39, 0.29) is 12.3 Å². The number of nitro groups is 1. The Morgan fingerprint density at radius 3 is 2.75 bits per heavy atom. The van der Waals surface area contributed by atoms with Crippen molar-refractivity contribution in [3.63, 3.8) is 0 Å². The molecule has 0 fully saturated rings. The predicted octanol–water partition coefficient (Wildman–Crippen LogP) is 4.18. The summed E-state index contributed by atoms with van der Waals surface area (Å²) in [5, 5.41) is 11.5. The molecule has 0 saturated heterocycles. The average molecular weight is 313 g/mol. The first kappa shape index (κ1) is 14.6. The molecule has 2 rings (SSSR count). The molecule has 0 bridgehead atoms. The van der Waals surface area contributed by atoms with Gasteiger partial charge in [0.2, 0.25) is 0 Å². The first-order chi connectivity index (χ1) is 9.47. The van der Waals surface area contributed by atoms with E-state index >= 15 is 0 Å². The summed E-state index contributed by atoms with van der Waals surface area (Å²) in [6.45, 7) is 1.96. The summed E-state index contributed by atoms with van der Waals surface area (Å²) in [5.41, 5.74) is 1.43. The maximum absolute atomic E-state index is 10.7. The van der Waals surface area contributed by atoms with Crippen molar-refractivity contribution < 1.29 is 9.66 Å². The van der Waals surface area contributed by atoms with Gasteiger partial charge in [0.15, 0.2) is 0 Å². The lowest BCUT2D eigenvalue weighted by molar-refractivity contribution is -0.385. The van der Waals surface area contributed by atoms with Crippen molar-refractivity contribution in [2.24, 2.45) is 0 Å². The third-order valence-electron chi connectivity index (χ3n) is 2.66. The van der Waals surface area contributed by atoms with E-state index in [2.05, 4.69) is 4.98 Å². The van der Waals surface area contributed by atoms with Crippen molar-refractivity contribution in [1.82, 2.24) is 4.98 Å². The van der Waals surface area contributed by atoms with Crippen LogP contribution in [-0.4, -0.2) is 9.91 Å². The number of hydrogen-bond acceptors (Lipinski definition) is 4. The van der Waals surface area contributed by atoms with Crippen LogP contribution in [0.2, 0.25) is 10.2 Å². The molecule has 0 unspecified atom stereocenters. The van der Waals surface area contributed by atoms with Crippen LogP contribution < -0.4 is 4.74 Å². The van der Waals surface area contributed by atoms with E-state index in [0.717, 1.165) is 5.56 Å². The highest BCUT2D eigenvalue weighted by Gasteiger charge is 2.10. The molecule has 0 spiro atoms. The summed E-state index contributed by atoms with van der Waals surface area (Å²) in [7, 11) is 0. The Bertz CT molecular complexity index is 662. The van der Waals surface area contributed by atoms with Crippen LogP contribution in [-0.2, 0) is 6.61 Å². The lowest BCUT2D eigenvalue weighted by Crippen LogP contribution is -1.99. The Labute approximate surface area is 125 Å². The number of pyridine rings is 1. The van der Waals surface area contributed by atoms with Gasteiger partial charge in [0.1, 0.15) is 17.5 Å². The zero-order chi connectivity index (χ0) is 14.7. The van der Waals surface area contributed by atoms with E-state index in [9.17, 15) is 10.1 Å². The summed E-state index contributed by atoms with van der Waals surface area (Å²) in [6.07, 6.45) is 1.51. The van der Waals surface area contributed by atoms with Crippen LogP contribution in [0.5, 0.6) is 5.75 Å². The Morgan fingerprint density at radius 1 is 1.35 bits per heavy atom. The number of ether oxygens (including phenoxy) is 1. The van der Waals surface area contributed by atoms with Crippen LogP contribution in [0.15, 0.2) is 30.5 Å². The Balaban J connectivity index is 2.18. The standard InChI is InChI=1S/C13H10Cl2N2O3/c1-8-2-3-10(17(18)19)4-12(8)20-7-9-6-16-13(15)5-11(9)14/h2-6H,7H2,1H3. The zero-order valence-corrected chi connectivity index (χ0v) is 12.0. The molecular weight excluding hydrogens is 303 g/mol. The SMILES string of the molecule is Cc1ccc([N+](=O)[O-])cc1OCc1cnc(Cl)cc1Cl. The van der Waals surface area contributed by atoms with E-state index in [0.29, 0.717) is 21.5 Å². The number of nitrogens with zero attached hydrogens (tertiary/aromatic N) is 2. The van der Waals surface area contributed by atoms with E-state index < -0.39 is 4.92 Å². The first-order valence-electron chi connectivity index (χ1n) is 5.65. The summed E-state index contributed by atoms with van der Waals surface area (Å²) in [6, 6.07) is 5.96. The Kier molecular flexibility index (Phi) is 4.42. The molecule has 1 aromatic carbocycles. The van der Waals surface area contributed by atoms with Crippen LogP contribution in [0.4, 0.5) is 5.69 Å². The number of rotatable bonds is 4. The van der Waals surface area contributed by atoms with Crippen molar-refractivity contribution in [2.75, 3.05) is 0 Å². The number of non-ortho nitro benzene ring substituents is 1. The second-order valence-electron chi connectivity index (χ2n) is 4.09. The maximum atomic E-state index is 10.7. The van der Waals surface area contributed by atoms with Gasteiger partial charge in [-0.1, -0.05) is 23.2 Å². The molecule has 0 aliphatic rings. The number of hydrogen-bond donors (Lipinski definition) is 0. The van der Waals surface area contributed by atoms with Crippen LogP contribution in [0.25, 0.3) is 0 Å². The zero-order valence-electron chi connectivity index (χ0n) is 10.5. The second kappa shape index (κ2) is 6.07. The van der Waals surface area contributed by atoms with Gasteiger partial charge in [-0.15, -0.1) is 0 Å². The number of halogens is 2. The fourth-order valence-corrected chi connectivity index (χ4v) is 1.98. The molecule has 1 aromatic heterocycles. The number of benzene rings is 1. The van der Waals surface area contributed by atoms with Crippen LogP contribution >= 0.6 is 23.2 Å². The molecule has 0 aliphatic carbocycles. The summed E-state index contributed by atoms with van der Waals surface area (Å²) < 4.78 is 5.56. The molecular formula is C13H10Cl2N2O3. The highest BCUT2D eigenvalue weighted by atomic mass is 35.5. The van der Waals surface area contributed by atoms with Crippen molar-refractivity contribution in [3.05, 3.63) is 61.9 Å². The summed E-state index contributed by atoms with van der Waals surface area (Å²) in [4.78, 5) is 14.2. The molecule has 0 atom stereocenters.